The van der Waals surface area contributed by atoms with E-state index in [1.54, 1.807) is 66.7 Å². The van der Waals surface area contributed by atoms with E-state index in [2.05, 4.69) is 15.9 Å². The van der Waals surface area contributed by atoms with Gasteiger partial charge in [0.15, 0.2) is 15.7 Å². The predicted octanol–water partition coefficient (Wildman–Crippen LogP) is 5.86. The van der Waals surface area contributed by atoms with Crippen molar-refractivity contribution < 1.29 is 18.0 Å². The van der Waals surface area contributed by atoms with Crippen LogP contribution in [0.2, 0.25) is 0 Å². The first-order valence-electron chi connectivity index (χ1n) is 13.0. The third-order valence-electron chi connectivity index (χ3n) is 5.95. The van der Waals surface area contributed by atoms with Gasteiger partial charge in [-0.3, -0.25) is 5.43 Å². The Morgan fingerprint density at radius 3 is 2.27 bits per heavy atom. The van der Waals surface area contributed by atoms with Gasteiger partial charge in [0.05, 0.1) is 17.1 Å². The molecule has 0 spiro atoms. The number of carbonyl (C=O) groups excluding carboxylic acids is 1. The van der Waals surface area contributed by atoms with Gasteiger partial charge in [0.1, 0.15) is 6.10 Å². The fourth-order valence-corrected chi connectivity index (χ4v) is 4.91. The lowest BCUT2D eigenvalue weighted by molar-refractivity contribution is 0.0858. The maximum atomic E-state index is 13.5. The van der Waals surface area contributed by atoms with Gasteiger partial charge in [0.25, 0.3) is 0 Å². The standard InChI is InChI=1S/C31H33N5O4S/c1-22(2)40-35-30(32)25-12-9-13-27(20-25)34-36(21-23-10-5-4-6-11-23)31(37)33-26-18-16-24(17-19-26)28-14-7-8-15-29(28)41(3,38)39/h4-20,22,34H,21H2,1-3H3,(H2,32,35)(H,33,37). The summed E-state index contributed by atoms with van der Waals surface area (Å²) in [4.78, 5) is 19.0. The molecule has 0 saturated heterocycles. The summed E-state index contributed by atoms with van der Waals surface area (Å²) in [6.07, 6.45) is 1.08. The van der Waals surface area contributed by atoms with Crippen molar-refractivity contribution in [3.8, 4) is 11.1 Å². The average Bonchev–Trinajstić information content (AvgIpc) is 2.96. The van der Waals surface area contributed by atoms with E-state index in [4.69, 9.17) is 10.6 Å². The van der Waals surface area contributed by atoms with E-state index in [0.717, 1.165) is 11.1 Å². The molecule has 0 aliphatic rings. The number of sulfone groups is 1. The van der Waals surface area contributed by atoms with Crippen molar-refractivity contribution in [2.24, 2.45) is 10.9 Å². The van der Waals surface area contributed by atoms with Crippen LogP contribution in [0.1, 0.15) is 25.0 Å². The van der Waals surface area contributed by atoms with Crippen LogP contribution in [-0.4, -0.2) is 37.7 Å². The molecule has 4 N–H and O–H groups in total. The Morgan fingerprint density at radius 2 is 1.59 bits per heavy atom. The molecule has 0 bridgehead atoms. The molecule has 0 unspecified atom stereocenters. The molecule has 9 nitrogen and oxygen atoms in total. The van der Waals surface area contributed by atoms with Crippen molar-refractivity contribution in [1.29, 1.82) is 0 Å². The van der Waals surface area contributed by atoms with Gasteiger partial charge < -0.3 is 15.9 Å². The summed E-state index contributed by atoms with van der Waals surface area (Å²) in [5, 5.41) is 8.33. The van der Waals surface area contributed by atoms with Gasteiger partial charge in [0, 0.05) is 23.1 Å². The third kappa shape index (κ3) is 8.09. The molecule has 2 amide bonds. The van der Waals surface area contributed by atoms with E-state index >= 15 is 0 Å². The van der Waals surface area contributed by atoms with Crippen LogP contribution in [0.25, 0.3) is 11.1 Å². The molecule has 0 heterocycles. The fourth-order valence-electron chi connectivity index (χ4n) is 4.00. The molecule has 0 aliphatic heterocycles. The van der Waals surface area contributed by atoms with Gasteiger partial charge in [-0.2, -0.15) is 0 Å². The highest BCUT2D eigenvalue weighted by Crippen LogP contribution is 2.28. The van der Waals surface area contributed by atoms with E-state index in [1.807, 2.05) is 50.2 Å². The number of hydrazine groups is 1. The van der Waals surface area contributed by atoms with Crippen LogP contribution in [0.4, 0.5) is 16.2 Å². The average molecular weight is 572 g/mol. The second-order valence-corrected chi connectivity index (χ2v) is 11.7. The highest BCUT2D eigenvalue weighted by atomic mass is 32.2. The first-order chi connectivity index (χ1) is 19.6. The van der Waals surface area contributed by atoms with Gasteiger partial charge >= 0.3 is 6.03 Å². The number of amidine groups is 1. The first kappa shape index (κ1) is 29.2. The zero-order chi connectivity index (χ0) is 29.4. The number of nitrogens with two attached hydrogens (primary N) is 1. The lowest BCUT2D eigenvalue weighted by Gasteiger charge is -2.25. The Morgan fingerprint density at radius 1 is 0.902 bits per heavy atom. The molecular formula is C31H33N5O4S. The summed E-state index contributed by atoms with van der Waals surface area (Å²) in [5.41, 5.74) is 13.3. The number of carbonyl (C=O) groups is 1. The van der Waals surface area contributed by atoms with Gasteiger partial charge in [-0.15, -0.1) is 0 Å². The minimum atomic E-state index is -3.40. The molecular weight excluding hydrogens is 538 g/mol. The molecule has 4 rings (SSSR count). The van der Waals surface area contributed by atoms with Crippen molar-refractivity contribution >= 4 is 33.1 Å². The SMILES string of the molecule is CC(C)O/N=C(\N)c1cccc(NN(Cc2ccccc2)C(=O)Nc2ccc(-c3ccccc3S(C)(=O)=O)cc2)c1. The van der Waals surface area contributed by atoms with Crippen LogP contribution in [0, 0.1) is 0 Å². The topological polar surface area (TPSA) is 126 Å². The summed E-state index contributed by atoms with van der Waals surface area (Å²) >= 11 is 0. The number of hydrogen-bond acceptors (Lipinski definition) is 6. The number of rotatable bonds is 10. The molecule has 0 aliphatic carbocycles. The predicted molar refractivity (Wildman–Crippen MR) is 163 cm³/mol. The van der Waals surface area contributed by atoms with Gasteiger partial charge in [-0.1, -0.05) is 78.0 Å². The number of oxime groups is 1. The summed E-state index contributed by atoms with van der Waals surface area (Å²) < 4.78 is 24.5. The van der Waals surface area contributed by atoms with Crippen molar-refractivity contribution in [2.45, 2.75) is 31.4 Å². The molecule has 4 aromatic rings. The number of hydrogen-bond donors (Lipinski definition) is 3. The maximum absolute atomic E-state index is 13.5. The van der Waals surface area contributed by atoms with Crippen molar-refractivity contribution in [3.63, 3.8) is 0 Å². The van der Waals surface area contributed by atoms with Crippen LogP contribution in [0.5, 0.6) is 0 Å². The number of anilines is 2. The quantitative estimate of drug-likeness (QED) is 0.124. The van der Waals surface area contributed by atoms with Crippen LogP contribution in [-0.2, 0) is 21.2 Å². The Balaban J connectivity index is 1.55. The molecule has 41 heavy (non-hydrogen) atoms. The monoisotopic (exact) mass is 571 g/mol. The second-order valence-electron chi connectivity index (χ2n) is 9.67. The van der Waals surface area contributed by atoms with E-state index in [0.29, 0.717) is 22.5 Å². The minimum Gasteiger partial charge on any atom is -0.391 e. The number of nitrogens with zero attached hydrogens (tertiary/aromatic N) is 2. The molecule has 0 fully saturated rings. The molecule has 4 aromatic carbocycles. The molecule has 0 radical (unpaired) electrons. The highest BCUT2D eigenvalue weighted by Gasteiger charge is 2.17. The van der Waals surface area contributed by atoms with Gasteiger partial charge in [-0.25, -0.2) is 18.2 Å². The van der Waals surface area contributed by atoms with Crippen LogP contribution in [0.15, 0.2) is 113 Å². The minimum absolute atomic E-state index is 0.108. The van der Waals surface area contributed by atoms with E-state index in [-0.39, 0.29) is 23.4 Å². The lowest BCUT2D eigenvalue weighted by Crippen LogP contribution is -2.39. The maximum Gasteiger partial charge on any atom is 0.340 e. The summed E-state index contributed by atoms with van der Waals surface area (Å²) in [5.74, 6) is 0.221. The largest absolute Gasteiger partial charge is 0.391 e. The Bertz CT molecular complexity index is 1620. The number of amides is 2. The summed E-state index contributed by atoms with van der Waals surface area (Å²) in [7, 11) is -3.40. The normalized spacial score (nSPS) is 11.7. The van der Waals surface area contributed by atoms with Crippen LogP contribution in [0.3, 0.4) is 0 Å². The molecule has 0 saturated carbocycles. The molecule has 0 atom stereocenters. The molecule has 0 aromatic heterocycles. The Kier molecular flexibility index (Phi) is 9.26. The van der Waals surface area contributed by atoms with E-state index < -0.39 is 15.9 Å². The van der Waals surface area contributed by atoms with Gasteiger partial charge in [-0.05, 0) is 55.3 Å². The van der Waals surface area contributed by atoms with Crippen molar-refractivity contribution in [3.05, 3.63) is 114 Å². The smallest absolute Gasteiger partial charge is 0.340 e. The van der Waals surface area contributed by atoms with Crippen molar-refractivity contribution in [2.75, 3.05) is 17.0 Å². The number of benzene rings is 4. The second kappa shape index (κ2) is 13.0. The van der Waals surface area contributed by atoms with Crippen molar-refractivity contribution in [1.82, 2.24) is 5.01 Å². The van der Waals surface area contributed by atoms with Gasteiger partial charge in [0.2, 0.25) is 0 Å². The zero-order valence-electron chi connectivity index (χ0n) is 23.1. The van der Waals surface area contributed by atoms with E-state index in [1.165, 1.54) is 11.3 Å². The number of nitrogens with one attached hydrogen (secondary N) is 2. The lowest BCUT2D eigenvalue weighted by atomic mass is 10.1. The Hall–Kier alpha value is -4.83. The summed E-state index contributed by atoms with van der Waals surface area (Å²) in [6, 6.07) is 30.3. The fraction of sp³-hybridized carbons (Fsp3) is 0.161. The molecule has 212 valence electrons. The first-order valence-corrected chi connectivity index (χ1v) is 14.9. The summed E-state index contributed by atoms with van der Waals surface area (Å²) in [6.45, 7) is 3.99. The zero-order valence-corrected chi connectivity index (χ0v) is 23.9. The van der Waals surface area contributed by atoms with Crippen LogP contribution < -0.4 is 16.5 Å². The molecule has 10 heteroatoms. The number of urea groups is 1. The highest BCUT2D eigenvalue weighted by molar-refractivity contribution is 7.90. The van der Waals surface area contributed by atoms with Crippen LogP contribution >= 0.6 is 0 Å². The third-order valence-corrected chi connectivity index (χ3v) is 7.10. The van der Waals surface area contributed by atoms with E-state index in [9.17, 15) is 13.2 Å². The Labute approximate surface area is 240 Å².